The third-order valence-corrected chi connectivity index (χ3v) is 7.55. The first-order chi connectivity index (χ1) is 16.7. The number of hydrogen-bond donors (Lipinski definition) is 2. The Kier molecular flexibility index (Phi) is 6.05. The molecule has 2 aromatic carbocycles. The molecule has 2 N–H and O–H groups in total. The topological polar surface area (TPSA) is 84.1 Å². The van der Waals surface area contributed by atoms with E-state index in [-0.39, 0.29) is 16.8 Å². The van der Waals surface area contributed by atoms with Crippen LogP contribution in [0.2, 0.25) is 0 Å². The second-order valence-electron chi connectivity index (χ2n) is 10.1. The van der Waals surface area contributed by atoms with Crippen LogP contribution in [0.4, 0.5) is 5.82 Å². The molecule has 0 amide bonds. The Labute approximate surface area is 209 Å². The Bertz CT molecular complexity index is 1390. The summed E-state index contributed by atoms with van der Waals surface area (Å²) in [5, 5.41) is 3.94. The van der Waals surface area contributed by atoms with Gasteiger partial charge in [0, 0.05) is 29.4 Å². The highest BCUT2D eigenvalue weighted by molar-refractivity contribution is 7.98. The SMILES string of the molecule is COc1ccc(C2C3=C(CC(C)(C)CC3=O)Nc3nc(SCc4cccc(C)c4)[nH]c(=O)c32)cc1. The number of ether oxygens (including phenoxy) is 1. The van der Waals surface area contributed by atoms with Crippen LogP contribution in [-0.2, 0) is 10.5 Å². The number of fused-ring (bicyclic) bond motifs is 1. The van der Waals surface area contributed by atoms with Crippen molar-refractivity contribution in [3.8, 4) is 5.75 Å². The number of Topliss-reactive ketones (excluding diaryl/α,β-unsaturated/α-hetero) is 1. The number of ketones is 1. The van der Waals surface area contributed by atoms with Crippen LogP contribution >= 0.6 is 11.8 Å². The third-order valence-electron chi connectivity index (χ3n) is 6.61. The van der Waals surface area contributed by atoms with Gasteiger partial charge in [-0.15, -0.1) is 0 Å². The molecule has 0 spiro atoms. The fourth-order valence-electron chi connectivity index (χ4n) is 5.04. The number of carbonyl (C=O) groups excluding carboxylic acids is 1. The number of rotatable bonds is 5. The zero-order valence-electron chi connectivity index (χ0n) is 20.4. The van der Waals surface area contributed by atoms with Gasteiger partial charge in [0.05, 0.1) is 12.7 Å². The number of thioether (sulfide) groups is 1. The van der Waals surface area contributed by atoms with Gasteiger partial charge in [0.15, 0.2) is 10.9 Å². The number of benzene rings is 2. The zero-order valence-corrected chi connectivity index (χ0v) is 21.2. The number of carbonyl (C=O) groups is 1. The van der Waals surface area contributed by atoms with Crippen molar-refractivity contribution in [2.24, 2.45) is 5.41 Å². The van der Waals surface area contributed by atoms with Gasteiger partial charge in [0.2, 0.25) is 0 Å². The first-order valence-corrected chi connectivity index (χ1v) is 12.7. The van der Waals surface area contributed by atoms with Crippen LogP contribution in [0.5, 0.6) is 5.75 Å². The average molecular weight is 488 g/mol. The van der Waals surface area contributed by atoms with Gasteiger partial charge in [-0.2, -0.15) is 0 Å². The Morgan fingerprint density at radius 1 is 1.11 bits per heavy atom. The van der Waals surface area contributed by atoms with Gasteiger partial charge >= 0.3 is 0 Å². The van der Waals surface area contributed by atoms with Crippen molar-refractivity contribution in [3.63, 3.8) is 0 Å². The maximum absolute atomic E-state index is 13.5. The molecule has 1 unspecified atom stereocenters. The summed E-state index contributed by atoms with van der Waals surface area (Å²) in [6.45, 7) is 6.26. The molecule has 6 nitrogen and oxygen atoms in total. The van der Waals surface area contributed by atoms with Gasteiger partial charge in [-0.3, -0.25) is 9.59 Å². The first-order valence-electron chi connectivity index (χ1n) is 11.7. The molecule has 0 saturated carbocycles. The van der Waals surface area contributed by atoms with Crippen LogP contribution in [0.25, 0.3) is 0 Å². The second kappa shape index (κ2) is 9.04. The molecule has 1 atom stereocenters. The molecule has 0 saturated heterocycles. The van der Waals surface area contributed by atoms with Crippen molar-refractivity contribution >= 4 is 23.4 Å². The fraction of sp³-hybridized carbons (Fsp3) is 0.321. The lowest BCUT2D eigenvalue weighted by atomic mass is 9.69. The minimum Gasteiger partial charge on any atom is -0.497 e. The maximum atomic E-state index is 13.5. The maximum Gasteiger partial charge on any atom is 0.257 e. The Balaban J connectivity index is 1.57. The number of allylic oxidation sites excluding steroid dienone is 2. The molecule has 1 aliphatic carbocycles. The number of methoxy groups -OCH3 is 1. The van der Waals surface area contributed by atoms with Crippen LogP contribution in [0.15, 0.2) is 69.8 Å². The number of nitrogens with one attached hydrogen (secondary N) is 2. The van der Waals surface area contributed by atoms with Crippen molar-refractivity contribution in [2.75, 3.05) is 12.4 Å². The lowest BCUT2D eigenvalue weighted by Gasteiger charge is -2.38. The summed E-state index contributed by atoms with van der Waals surface area (Å²) < 4.78 is 5.32. The molecule has 0 fully saturated rings. The van der Waals surface area contributed by atoms with Crippen molar-refractivity contribution in [3.05, 3.63) is 92.4 Å². The van der Waals surface area contributed by atoms with Crippen LogP contribution in [0.3, 0.4) is 0 Å². The normalized spacial score (nSPS) is 18.5. The first kappa shape index (κ1) is 23.4. The summed E-state index contributed by atoms with van der Waals surface area (Å²) in [4.78, 5) is 34.6. The van der Waals surface area contributed by atoms with Crippen LogP contribution in [0.1, 0.15) is 54.9 Å². The second-order valence-corrected chi connectivity index (χ2v) is 11.0. The standard InChI is InChI=1S/C28H29N3O3S/c1-16-6-5-7-17(12-16)15-35-27-30-25-24(26(33)31-27)22(18-8-10-19(34-4)11-9-18)23-20(29-25)13-28(2,3)14-21(23)32/h5-12,22H,13-15H2,1-4H3,(H2,29,30,31,33). The van der Waals surface area contributed by atoms with Gasteiger partial charge in [-0.1, -0.05) is 67.6 Å². The monoisotopic (exact) mass is 487 g/mol. The van der Waals surface area contributed by atoms with Gasteiger partial charge < -0.3 is 15.0 Å². The van der Waals surface area contributed by atoms with Crippen molar-refractivity contribution in [1.29, 1.82) is 0 Å². The molecule has 1 aromatic heterocycles. The molecule has 7 heteroatoms. The number of H-pyrrole nitrogens is 1. The predicted octanol–water partition coefficient (Wildman–Crippen LogP) is 5.58. The number of anilines is 1. The van der Waals surface area contributed by atoms with E-state index in [1.165, 1.54) is 22.9 Å². The van der Waals surface area contributed by atoms with Gasteiger partial charge in [-0.25, -0.2) is 4.98 Å². The van der Waals surface area contributed by atoms with Crippen molar-refractivity contribution < 1.29 is 9.53 Å². The highest BCUT2D eigenvalue weighted by Crippen LogP contribution is 2.47. The van der Waals surface area contributed by atoms with Gasteiger partial charge in [-0.05, 0) is 42.0 Å². The molecule has 2 heterocycles. The summed E-state index contributed by atoms with van der Waals surface area (Å²) >= 11 is 1.49. The number of hydrogen-bond acceptors (Lipinski definition) is 6. The Morgan fingerprint density at radius 3 is 2.60 bits per heavy atom. The predicted molar refractivity (Wildman–Crippen MR) is 139 cm³/mol. The van der Waals surface area contributed by atoms with Crippen LogP contribution < -0.4 is 15.6 Å². The Morgan fingerprint density at radius 2 is 1.89 bits per heavy atom. The van der Waals surface area contributed by atoms with Gasteiger partial charge in [0.1, 0.15) is 11.6 Å². The van der Waals surface area contributed by atoms with E-state index < -0.39 is 5.92 Å². The summed E-state index contributed by atoms with van der Waals surface area (Å²) in [5.41, 5.74) is 4.89. The number of aromatic amines is 1. The molecule has 180 valence electrons. The van der Waals surface area contributed by atoms with E-state index >= 15 is 0 Å². The number of aromatic nitrogens is 2. The summed E-state index contributed by atoms with van der Waals surface area (Å²) in [5.74, 6) is 1.56. The van der Waals surface area contributed by atoms with Crippen molar-refractivity contribution in [2.45, 2.75) is 50.4 Å². The van der Waals surface area contributed by atoms with E-state index in [9.17, 15) is 9.59 Å². The highest BCUT2D eigenvalue weighted by Gasteiger charge is 2.42. The van der Waals surface area contributed by atoms with E-state index in [1.807, 2.05) is 30.3 Å². The molecular weight excluding hydrogens is 458 g/mol. The quantitative estimate of drug-likeness (QED) is 0.361. The molecule has 5 rings (SSSR count). The zero-order chi connectivity index (χ0) is 24.7. The average Bonchev–Trinajstić information content (AvgIpc) is 2.81. The Hall–Kier alpha value is -3.32. The minimum absolute atomic E-state index is 0.0764. The third kappa shape index (κ3) is 4.65. The molecule has 3 aromatic rings. The largest absolute Gasteiger partial charge is 0.497 e. The molecular formula is C28H29N3O3S. The molecule has 1 aliphatic heterocycles. The lowest BCUT2D eigenvalue weighted by Crippen LogP contribution is -2.37. The van der Waals surface area contributed by atoms with Gasteiger partial charge in [0.25, 0.3) is 5.56 Å². The number of aryl methyl sites for hydroxylation is 1. The van der Waals surface area contributed by atoms with Crippen LogP contribution in [-0.4, -0.2) is 22.9 Å². The van der Waals surface area contributed by atoms with E-state index in [1.54, 1.807) is 7.11 Å². The molecule has 2 aliphatic rings. The lowest BCUT2D eigenvalue weighted by molar-refractivity contribution is -0.118. The van der Waals surface area contributed by atoms with E-state index in [4.69, 9.17) is 9.72 Å². The fourth-order valence-corrected chi connectivity index (χ4v) is 5.85. The summed E-state index contributed by atoms with van der Waals surface area (Å²) in [7, 11) is 1.62. The van der Waals surface area contributed by atoms with E-state index in [2.05, 4.69) is 49.3 Å². The van der Waals surface area contributed by atoms with Crippen LogP contribution in [0, 0.1) is 12.3 Å². The smallest absolute Gasteiger partial charge is 0.257 e. The molecule has 35 heavy (non-hydrogen) atoms. The minimum atomic E-state index is -0.470. The number of nitrogens with zero attached hydrogens (tertiary/aromatic N) is 1. The molecule has 0 bridgehead atoms. The van der Waals surface area contributed by atoms with E-state index in [0.29, 0.717) is 34.3 Å². The highest BCUT2D eigenvalue weighted by atomic mass is 32.2. The van der Waals surface area contributed by atoms with E-state index in [0.717, 1.165) is 23.4 Å². The summed E-state index contributed by atoms with van der Waals surface area (Å²) in [6.07, 6.45) is 1.17. The van der Waals surface area contributed by atoms with Crippen molar-refractivity contribution in [1.82, 2.24) is 9.97 Å². The summed E-state index contributed by atoms with van der Waals surface area (Å²) in [6, 6.07) is 15.9. The molecule has 0 radical (unpaired) electrons.